The Morgan fingerprint density at radius 1 is 1.50 bits per heavy atom. The summed E-state index contributed by atoms with van der Waals surface area (Å²) in [5.41, 5.74) is 0. The molecule has 12 heavy (non-hydrogen) atoms. The largest absolute Gasteiger partial charge is 0.492 e. The summed E-state index contributed by atoms with van der Waals surface area (Å²) in [6, 6.07) is 6.13. The standard InChI is InChI=1S/C9H12FNO/c1-11-5-6-12-9-4-2-3-8(10)7-9/h2-4,7,11H,5-6H2,1H3. The van der Waals surface area contributed by atoms with Crippen LogP contribution in [-0.2, 0) is 0 Å². The molecule has 0 fully saturated rings. The van der Waals surface area contributed by atoms with E-state index in [1.165, 1.54) is 12.1 Å². The minimum atomic E-state index is -0.267. The van der Waals surface area contributed by atoms with Crippen molar-refractivity contribution in [1.82, 2.24) is 5.32 Å². The average molecular weight is 169 g/mol. The molecule has 0 aliphatic heterocycles. The number of nitrogens with one attached hydrogen (secondary N) is 1. The van der Waals surface area contributed by atoms with E-state index in [-0.39, 0.29) is 5.82 Å². The van der Waals surface area contributed by atoms with Gasteiger partial charge in [-0.2, -0.15) is 0 Å². The third-order valence-corrected chi connectivity index (χ3v) is 1.42. The molecule has 0 aliphatic carbocycles. The minimum Gasteiger partial charge on any atom is -0.492 e. The number of hydrogen-bond donors (Lipinski definition) is 1. The van der Waals surface area contributed by atoms with E-state index in [0.717, 1.165) is 6.54 Å². The van der Waals surface area contributed by atoms with Gasteiger partial charge in [-0.25, -0.2) is 4.39 Å². The van der Waals surface area contributed by atoms with Gasteiger partial charge in [-0.15, -0.1) is 0 Å². The molecule has 0 saturated carbocycles. The Morgan fingerprint density at radius 3 is 3.00 bits per heavy atom. The SMILES string of the molecule is CNCCOc1cccc(F)c1. The van der Waals surface area contributed by atoms with Crippen molar-refractivity contribution >= 4 is 0 Å². The van der Waals surface area contributed by atoms with Crippen LogP contribution < -0.4 is 10.1 Å². The van der Waals surface area contributed by atoms with Gasteiger partial charge >= 0.3 is 0 Å². The maximum atomic E-state index is 12.6. The van der Waals surface area contributed by atoms with E-state index in [1.54, 1.807) is 12.1 Å². The van der Waals surface area contributed by atoms with Crippen LogP contribution in [0.1, 0.15) is 0 Å². The molecule has 0 atom stereocenters. The molecule has 1 aromatic carbocycles. The molecular weight excluding hydrogens is 157 g/mol. The summed E-state index contributed by atoms with van der Waals surface area (Å²) in [4.78, 5) is 0. The normalized spacial score (nSPS) is 9.83. The molecule has 0 aliphatic rings. The van der Waals surface area contributed by atoms with Crippen LogP contribution in [0.25, 0.3) is 0 Å². The summed E-state index contributed by atoms with van der Waals surface area (Å²) >= 11 is 0. The fourth-order valence-corrected chi connectivity index (χ4v) is 0.828. The van der Waals surface area contributed by atoms with E-state index < -0.39 is 0 Å². The average Bonchev–Trinajstić information content (AvgIpc) is 2.05. The monoisotopic (exact) mass is 169 g/mol. The van der Waals surface area contributed by atoms with E-state index in [1.807, 2.05) is 7.05 Å². The lowest BCUT2D eigenvalue weighted by atomic mass is 10.3. The van der Waals surface area contributed by atoms with Crippen molar-refractivity contribution in [2.75, 3.05) is 20.2 Å². The predicted molar refractivity (Wildman–Crippen MR) is 45.8 cm³/mol. The zero-order chi connectivity index (χ0) is 8.81. The second kappa shape index (κ2) is 4.72. The Morgan fingerprint density at radius 2 is 2.33 bits per heavy atom. The number of ether oxygens (including phenoxy) is 1. The lowest BCUT2D eigenvalue weighted by molar-refractivity contribution is 0.317. The summed E-state index contributed by atoms with van der Waals surface area (Å²) in [7, 11) is 1.84. The first-order valence-corrected chi connectivity index (χ1v) is 3.86. The summed E-state index contributed by atoms with van der Waals surface area (Å²) in [5, 5.41) is 2.93. The quantitative estimate of drug-likeness (QED) is 0.688. The second-order valence-corrected chi connectivity index (χ2v) is 2.41. The lowest BCUT2D eigenvalue weighted by Gasteiger charge is -2.04. The molecule has 0 radical (unpaired) electrons. The van der Waals surface area contributed by atoms with Gasteiger partial charge in [-0.3, -0.25) is 0 Å². The van der Waals surface area contributed by atoms with E-state index in [4.69, 9.17) is 4.74 Å². The van der Waals surface area contributed by atoms with E-state index in [2.05, 4.69) is 5.32 Å². The molecule has 0 saturated heterocycles. The Bertz CT molecular complexity index is 240. The first kappa shape index (κ1) is 9.00. The third-order valence-electron chi connectivity index (χ3n) is 1.42. The Kier molecular flexibility index (Phi) is 3.54. The first-order valence-electron chi connectivity index (χ1n) is 3.86. The molecule has 0 unspecified atom stereocenters. The number of hydrogen-bond acceptors (Lipinski definition) is 2. The van der Waals surface area contributed by atoms with Gasteiger partial charge in [0.05, 0.1) is 0 Å². The van der Waals surface area contributed by atoms with Crippen LogP contribution >= 0.6 is 0 Å². The molecular formula is C9H12FNO. The van der Waals surface area contributed by atoms with Crippen molar-refractivity contribution in [3.63, 3.8) is 0 Å². The second-order valence-electron chi connectivity index (χ2n) is 2.41. The highest BCUT2D eigenvalue weighted by atomic mass is 19.1. The van der Waals surface area contributed by atoms with Crippen molar-refractivity contribution < 1.29 is 9.13 Å². The smallest absolute Gasteiger partial charge is 0.126 e. The Hall–Kier alpha value is -1.09. The van der Waals surface area contributed by atoms with Gasteiger partial charge in [0.1, 0.15) is 18.2 Å². The Balaban J connectivity index is 2.41. The fraction of sp³-hybridized carbons (Fsp3) is 0.333. The maximum absolute atomic E-state index is 12.6. The van der Waals surface area contributed by atoms with Gasteiger partial charge in [-0.05, 0) is 19.2 Å². The topological polar surface area (TPSA) is 21.3 Å². The van der Waals surface area contributed by atoms with E-state index in [0.29, 0.717) is 12.4 Å². The Labute approximate surface area is 71.4 Å². The van der Waals surface area contributed by atoms with E-state index in [9.17, 15) is 4.39 Å². The van der Waals surface area contributed by atoms with Crippen LogP contribution in [0.4, 0.5) is 4.39 Å². The van der Waals surface area contributed by atoms with Gasteiger partial charge in [-0.1, -0.05) is 6.07 Å². The van der Waals surface area contributed by atoms with Crippen molar-refractivity contribution in [3.8, 4) is 5.75 Å². The van der Waals surface area contributed by atoms with Crippen molar-refractivity contribution in [1.29, 1.82) is 0 Å². The van der Waals surface area contributed by atoms with Crippen LogP contribution in [-0.4, -0.2) is 20.2 Å². The molecule has 0 amide bonds. The van der Waals surface area contributed by atoms with Crippen molar-refractivity contribution in [3.05, 3.63) is 30.1 Å². The molecule has 0 heterocycles. The lowest BCUT2D eigenvalue weighted by Crippen LogP contribution is -2.15. The van der Waals surface area contributed by atoms with Gasteiger partial charge in [0.25, 0.3) is 0 Å². The highest BCUT2D eigenvalue weighted by molar-refractivity contribution is 5.22. The molecule has 0 bridgehead atoms. The maximum Gasteiger partial charge on any atom is 0.126 e. The molecule has 1 aromatic rings. The third kappa shape index (κ3) is 2.88. The summed E-state index contributed by atoms with van der Waals surface area (Å²) in [5.74, 6) is 0.308. The summed E-state index contributed by atoms with van der Waals surface area (Å²) in [6.45, 7) is 1.32. The van der Waals surface area contributed by atoms with E-state index >= 15 is 0 Å². The predicted octanol–water partition coefficient (Wildman–Crippen LogP) is 1.42. The summed E-state index contributed by atoms with van der Waals surface area (Å²) < 4.78 is 17.8. The van der Waals surface area contributed by atoms with Crippen LogP contribution in [0, 0.1) is 5.82 Å². The van der Waals surface area contributed by atoms with Crippen molar-refractivity contribution in [2.45, 2.75) is 0 Å². The number of rotatable bonds is 4. The van der Waals surface area contributed by atoms with Gasteiger partial charge in [0.2, 0.25) is 0 Å². The van der Waals surface area contributed by atoms with Crippen LogP contribution in [0.3, 0.4) is 0 Å². The molecule has 1 rings (SSSR count). The highest BCUT2D eigenvalue weighted by Gasteiger charge is 1.93. The molecule has 66 valence electrons. The molecule has 0 spiro atoms. The minimum absolute atomic E-state index is 0.267. The van der Waals surface area contributed by atoms with Crippen molar-refractivity contribution in [2.24, 2.45) is 0 Å². The fourth-order valence-electron chi connectivity index (χ4n) is 0.828. The molecule has 3 heteroatoms. The molecule has 1 N–H and O–H groups in total. The van der Waals surface area contributed by atoms with Gasteiger partial charge < -0.3 is 10.1 Å². The zero-order valence-corrected chi connectivity index (χ0v) is 7.01. The zero-order valence-electron chi connectivity index (χ0n) is 7.01. The van der Waals surface area contributed by atoms with Crippen LogP contribution in [0.2, 0.25) is 0 Å². The number of halogens is 1. The number of benzene rings is 1. The highest BCUT2D eigenvalue weighted by Crippen LogP contribution is 2.11. The summed E-state index contributed by atoms with van der Waals surface area (Å²) in [6.07, 6.45) is 0. The van der Waals surface area contributed by atoms with Crippen LogP contribution in [0.15, 0.2) is 24.3 Å². The first-order chi connectivity index (χ1) is 5.83. The van der Waals surface area contributed by atoms with Gasteiger partial charge in [0, 0.05) is 12.6 Å². The molecule has 2 nitrogen and oxygen atoms in total. The van der Waals surface area contributed by atoms with Crippen LogP contribution in [0.5, 0.6) is 5.75 Å². The van der Waals surface area contributed by atoms with Gasteiger partial charge in [0.15, 0.2) is 0 Å². The number of likely N-dealkylation sites (N-methyl/N-ethyl adjacent to an activating group) is 1. The molecule has 0 aromatic heterocycles.